The topological polar surface area (TPSA) is 47.3 Å². The zero-order valence-corrected chi connectivity index (χ0v) is 9.71. The first-order chi connectivity index (χ1) is 7.13. The van der Waals surface area contributed by atoms with Crippen LogP contribution in [0.5, 0.6) is 0 Å². The van der Waals surface area contributed by atoms with Gasteiger partial charge in [-0.05, 0) is 30.5 Å². The van der Waals surface area contributed by atoms with Gasteiger partial charge in [0.1, 0.15) is 0 Å². The minimum Gasteiger partial charge on any atom is -0.397 e. The number of nitrogen functional groups attached to an aromatic ring is 1. The Hall–Kier alpha value is -1.22. The number of nitrogens with one attached hydrogen (secondary N) is 1. The molecule has 3 nitrogen and oxygen atoms in total. The van der Waals surface area contributed by atoms with Crippen molar-refractivity contribution in [1.29, 1.82) is 0 Å². The number of methoxy groups -OCH3 is 1. The van der Waals surface area contributed by atoms with E-state index in [9.17, 15) is 0 Å². The second-order valence-electron chi connectivity index (χ2n) is 4.03. The average Bonchev–Trinajstić information content (AvgIpc) is 2.17. The molecule has 3 heteroatoms. The fourth-order valence-electron chi connectivity index (χ4n) is 1.47. The predicted octanol–water partition coefficient (Wildman–Crippen LogP) is 2.27. The van der Waals surface area contributed by atoms with Crippen LogP contribution >= 0.6 is 0 Å². The second kappa shape index (κ2) is 5.61. The van der Waals surface area contributed by atoms with Crippen LogP contribution in [-0.2, 0) is 4.74 Å². The molecule has 0 heterocycles. The number of rotatable bonds is 5. The van der Waals surface area contributed by atoms with Crippen LogP contribution in [0, 0.1) is 12.8 Å². The van der Waals surface area contributed by atoms with Gasteiger partial charge in [-0.3, -0.25) is 0 Å². The Morgan fingerprint density at radius 3 is 2.80 bits per heavy atom. The van der Waals surface area contributed by atoms with E-state index in [-0.39, 0.29) is 0 Å². The maximum Gasteiger partial charge on any atom is 0.0574 e. The first-order valence-corrected chi connectivity index (χ1v) is 5.22. The molecular formula is C12H20N2O. The molecule has 0 aliphatic rings. The van der Waals surface area contributed by atoms with Gasteiger partial charge in [-0.2, -0.15) is 0 Å². The quantitative estimate of drug-likeness (QED) is 0.730. The van der Waals surface area contributed by atoms with Crippen LogP contribution in [0.2, 0.25) is 0 Å². The predicted molar refractivity (Wildman–Crippen MR) is 65.1 cm³/mol. The molecular weight excluding hydrogens is 188 g/mol. The Labute approximate surface area is 91.6 Å². The highest BCUT2D eigenvalue weighted by atomic mass is 16.5. The molecule has 15 heavy (non-hydrogen) atoms. The molecule has 84 valence electrons. The molecule has 0 fully saturated rings. The number of hydrogen-bond donors (Lipinski definition) is 2. The summed E-state index contributed by atoms with van der Waals surface area (Å²) in [6.07, 6.45) is 0. The zero-order valence-electron chi connectivity index (χ0n) is 9.71. The van der Waals surface area contributed by atoms with Crippen molar-refractivity contribution < 1.29 is 4.74 Å². The molecule has 0 aromatic heterocycles. The van der Waals surface area contributed by atoms with Crippen molar-refractivity contribution in [3.05, 3.63) is 23.8 Å². The van der Waals surface area contributed by atoms with Gasteiger partial charge < -0.3 is 15.8 Å². The Morgan fingerprint density at radius 2 is 2.20 bits per heavy atom. The molecule has 0 spiro atoms. The fraction of sp³-hybridized carbons (Fsp3) is 0.500. The molecule has 1 unspecified atom stereocenters. The summed E-state index contributed by atoms with van der Waals surface area (Å²) in [5.41, 5.74) is 8.88. The highest BCUT2D eigenvalue weighted by molar-refractivity contribution is 5.66. The maximum atomic E-state index is 5.89. The molecule has 0 aliphatic carbocycles. The molecule has 3 N–H and O–H groups in total. The molecule has 1 atom stereocenters. The minimum atomic E-state index is 0.482. The molecule has 0 amide bonds. The lowest BCUT2D eigenvalue weighted by molar-refractivity contribution is 0.164. The van der Waals surface area contributed by atoms with Gasteiger partial charge in [0, 0.05) is 13.7 Å². The van der Waals surface area contributed by atoms with Gasteiger partial charge in [0.15, 0.2) is 0 Å². The van der Waals surface area contributed by atoms with Crippen LogP contribution in [0.4, 0.5) is 11.4 Å². The molecule has 1 aromatic carbocycles. The second-order valence-corrected chi connectivity index (χ2v) is 4.03. The van der Waals surface area contributed by atoms with Crippen molar-refractivity contribution in [2.75, 3.05) is 31.3 Å². The van der Waals surface area contributed by atoms with Crippen LogP contribution in [0.1, 0.15) is 12.5 Å². The van der Waals surface area contributed by atoms with Crippen molar-refractivity contribution in [3.8, 4) is 0 Å². The fourth-order valence-corrected chi connectivity index (χ4v) is 1.47. The molecule has 0 radical (unpaired) electrons. The van der Waals surface area contributed by atoms with Crippen molar-refractivity contribution in [2.45, 2.75) is 13.8 Å². The molecule has 1 aromatic rings. The molecule has 0 saturated heterocycles. The molecule has 0 saturated carbocycles. The van der Waals surface area contributed by atoms with Gasteiger partial charge in [0.2, 0.25) is 0 Å². The lowest BCUT2D eigenvalue weighted by atomic mass is 10.1. The first-order valence-electron chi connectivity index (χ1n) is 5.22. The van der Waals surface area contributed by atoms with Gasteiger partial charge in [-0.1, -0.05) is 13.0 Å². The Bertz CT molecular complexity index is 312. The van der Waals surface area contributed by atoms with E-state index in [4.69, 9.17) is 10.5 Å². The lowest BCUT2D eigenvalue weighted by Gasteiger charge is -2.14. The monoisotopic (exact) mass is 208 g/mol. The smallest absolute Gasteiger partial charge is 0.0574 e. The highest BCUT2D eigenvalue weighted by Crippen LogP contribution is 2.19. The molecule has 1 rings (SSSR count). The van der Waals surface area contributed by atoms with Gasteiger partial charge in [-0.25, -0.2) is 0 Å². The van der Waals surface area contributed by atoms with E-state index in [0.717, 1.165) is 24.5 Å². The number of benzene rings is 1. The molecule has 0 aliphatic heterocycles. The van der Waals surface area contributed by atoms with Gasteiger partial charge >= 0.3 is 0 Å². The summed E-state index contributed by atoms with van der Waals surface area (Å²) in [6, 6.07) is 6.05. The van der Waals surface area contributed by atoms with E-state index in [1.54, 1.807) is 7.11 Å². The van der Waals surface area contributed by atoms with E-state index < -0.39 is 0 Å². The SMILES string of the molecule is COCC(C)CNc1ccc(C)cc1N. The summed E-state index contributed by atoms with van der Waals surface area (Å²) in [4.78, 5) is 0. The normalized spacial score (nSPS) is 12.5. The van der Waals surface area contributed by atoms with Crippen molar-refractivity contribution in [3.63, 3.8) is 0 Å². The lowest BCUT2D eigenvalue weighted by Crippen LogP contribution is -2.16. The maximum absolute atomic E-state index is 5.89. The Morgan fingerprint density at radius 1 is 1.47 bits per heavy atom. The van der Waals surface area contributed by atoms with Gasteiger partial charge in [0.05, 0.1) is 18.0 Å². The number of anilines is 2. The third-order valence-electron chi connectivity index (χ3n) is 2.30. The summed E-state index contributed by atoms with van der Waals surface area (Å²) in [5.74, 6) is 0.482. The van der Waals surface area contributed by atoms with Crippen LogP contribution < -0.4 is 11.1 Å². The van der Waals surface area contributed by atoms with E-state index >= 15 is 0 Å². The third-order valence-corrected chi connectivity index (χ3v) is 2.30. The van der Waals surface area contributed by atoms with E-state index in [1.807, 2.05) is 19.1 Å². The Balaban J connectivity index is 2.50. The summed E-state index contributed by atoms with van der Waals surface area (Å²) in [7, 11) is 1.72. The highest BCUT2D eigenvalue weighted by Gasteiger charge is 2.03. The summed E-state index contributed by atoms with van der Waals surface area (Å²) < 4.78 is 5.07. The summed E-state index contributed by atoms with van der Waals surface area (Å²) in [5, 5.41) is 3.32. The number of aryl methyl sites for hydroxylation is 1. The third kappa shape index (κ3) is 3.80. The van der Waals surface area contributed by atoms with Gasteiger partial charge in [0.25, 0.3) is 0 Å². The van der Waals surface area contributed by atoms with Gasteiger partial charge in [-0.15, -0.1) is 0 Å². The Kier molecular flexibility index (Phi) is 4.43. The van der Waals surface area contributed by atoms with E-state index in [1.165, 1.54) is 5.56 Å². The number of hydrogen-bond acceptors (Lipinski definition) is 3. The van der Waals surface area contributed by atoms with Crippen LogP contribution in [0.3, 0.4) is 0 Å². The summed E-state index contributed by atoms with van der Waals surface area (Å²) in [6.45, 7) is 5.81. The van der Waals surface area contributed by atoms with Crippen LogP contribution in [-0.4, -0.2) is 20.3 Å². The standard InChI is InChI=1S/C12H20N2O/c1-9-4-5-12(11(13)6-9)14-7-10(2)8-15-3/h4-6,10,14H,7-8,13H2,1-3H3. The average molecular weight is 208 g/mol. The number of nitrogens with two attached hydrogens (primary N) is 1. The van der Waals surface area contributed by atoms with Crippen LogP contribution in [0.15, 0.2) is 18.2 Å². The van der Waals surface area contributed by atoms with E-state index in [2.05, 4.69) is 18.3 Å². The van der Waals surface area contributed by atoms with Crippen molar-refractivity contribution >= 4 is 11.4 Å². The largest absolute Gasteiger partial charge is 0.397 e. The van der Waals surface area contributed by atoms with Crippen molar-refractivity contribution in [1.82, 2.24) is 0 Å². The number of ether oxygens (including phenoxy) is 1. The van der Waals surface area contributed by atoms with Crippen molar-refractivity contribution in [2.24, 2.45) is 5.92 Å². The van der Waals surface area contributed by atoms with E-state index in [0.29, 0.717) is 5.92 Å². The van der Waals surface area contributed by atoms with Crippen LogP contribution in [0.25, 0.3) is 0 Å². The first kappa shape index (κ1) is 11.9. The zero-order chi connectivity index (χ0) is 11.3. The molecule has 0 bridgehead atoms. The minimum absolute atomic E-state index is 0.482. The summed E-state index contributed by atoms with van der Waals surface area (Å²) >= 11 is 0.